The number of carbonyl (C=O) groups excluding carboxylic acids is 2. The summed E-state index contributed by atoms with van der Waals surface area (Å²) in [5, 5.41) is 7.81. The maximum atomic E-state index is 13.2. The number of para-hydroxylation sites is 1. The number of alkyl halides is 3. The number of amides is 3. The third-order valence-corrected chi connectivity index (χ3v) is 5.40. The molecule has 0 saturated heterocycles. The van der Waals surface area contributed by atoms with Crippen LogP contribution in [0.1, 0.15) is 48.0 Å². The van der Waals surface area contributed by atoms with E-state index in [9.17, 15) is 22.8 Å². The van der Waals surface area contributed by atoms with Crippen molar-refractivity contribution in [1.82, 2.24) is 5.32 Å². The summed E-state index contributed by atoms with van der Waals surface area (Å²) in [4.78, 5) is 27.1. The van der Waals surface area contributed by atoms with Crippen molar-refractivity contribution in [3.63, 3.8) is 0 Å². The zero-order valence-electron chi connectivity index (χ0n) is 18.1. The molecule has 0 unspecified atom stereocenters. The van der Waals surface area contributed by atoms with Crippen molar-refractivity contribution in [2.24, 2.45) is 0 Å². The number of nitrogens with one attached hydrogen (secondary N) is 3. The van der Waals surface area contributed by atoms with Crippen LogP contribution in [0.15, 0.2) is 42.5 Å². The van der Waals surface area contributed by atoms with E-state index in [1.54, 1.807) is 31.1 Å². The second-order valence-corrected chi connectivity index (χ2v) is 8.06. The fraction of sp³-hybridized carbons (Fsp3) is 0.391. The second kappa shape index (κ2) is 9.93. The van der Waals surface area contributed by atoms with Gasteiger partial charge in [-0.15, -0.1) is 0 Å². The summed E-state index contributed by atoms with van der Waals surface area (Å²) >= 11 is 0. The first-order valence-corrected chi connectivity index (χ1v) is 10.5. The van der Waals surface area contributed by atoms with Gasteiger partial charge in [0.15, 0.2) is 0 Å². The van der Waals surface area contributed by atoms with E-state index in [4.69, 9.17) is 0 Å². The Balaban J connectivity index is 1.76. The van der Waals surface area contributed by atoms with Crippen LogP contribution in [0.3, 0.4) is 0 Å². The Morgan fingerprint density at radius 1 is 0.969 bits per heavy atom. The lowest BCUT2D eigenvalue weighted by molar-refractivity contribution is -0.136. The van der Waals surface area contributed by atoms with Gasteiger partial charge in [-0.2, -0.15) is 13.2 Å². The minimum Gasteiger partial charge on any atom is -0.377 e. The Bertz CT molecular complexity index is 970. The molecule has 9 heteroatoms. The second-order valence-electron chi connectivity index (χ2n) is 8.06. The van der Waals surface area contributed by atoms with Gasteiger partial charge in [0.05, 0.1) is 16.8 Å². The monoisotopic (exact) mass is 448 g/mol. The van der Waals surface area contributed by atoms with Crippen LogP contribution < -0.4 is 20.9 Å². The molecular weight excluding hydrogens is 421 g/mol. The van der Waals surface area contributed by atoms with E-state index in [0.717, 1.165) is 31.7 Å². The molecule has 3 amide bonds. The van der Waals surface area contributed by atoms with Crippen LogP contribution in [0.4, 0.5) is 35.0 Å². The summed E-state index contributed by atoms with van der Waals surface area (Å²) in [5.74, 6) is -0.243. The number of hydrogen-bond donors (Lipinski definition) is 3. The molecule has 6 nitrogen and oxygen atoms in total. The summed E-state index contributed by atoms with van der Waals surface area (Å²) in [6, 6.07) is 8.84. The van der Waals surface area contributed by atoms with Crippen LogP contribution in [0.2, 0.25) is 0 Å². The predicted molar refractivity (Wildman–Crippen MR) is 119 cm³/mol. The normalized spacial score (nSPS) is 14.5. The molecule has 0 radical (unpaired) electrons. The lowest BCUT2D eigenvalue weighted by Crippen LogP contribution is -2.36. The maximum Gasteiger partial charge on any atom is 0.418 e. The zero-order valence-corrected chi connectivity index (χ0v) is 18.1. The highest BCUT2D eigenvalue weighted by Gasteiger charge is 2.33. The van der Waals surface area contributed by atoms with Gasteiger partial charge < -0.3 is 20.9 Å². The van der Waals surface area contributed by atoms with Crippen molar-refractivity contribution in [2.75, 3.05) is 29.6 Å². The van der Waals surface area contributed by atoms with Crippen molar-refractivity contribution in [1.29, 1.82) is 0 Å². The number of rotatable bonds is 5. The summed E-state index contributed by atoms with van der Waals surface area (Å²) in [6.45, 7) is 0. The van der Waals surface area contributed by atoms with Gasteiger partial charge in [0, 0.05) is 31.5 Å². The molecule has 2 aromatic carbocycles. The van der Waals surface area contributed by atoms with Crippen LogP contribution in [0.5, 0.6) is 0 Å². The topological polar surface area (TPSA) is 73.5 Å². The van der Waals surface area contributed by atoms with Gasteiger partial charge in [-0.05, 0) is 43.2 Å². The van der Waals surface area contributed by atoms with Gasteiger partial charge in [0.1, 0.15) is 0 Å². The maximum absolute atomic E-state index is 13.2. The molecule has 172 valence electrons. The molecule has 1 saturated carbocycles. The lowest BCUT2D eigenvalue weighted by Gasteiger charge is -2.24. The van der Waals surface area contributed by atoms with E-state index in [1.165, 1.54) is 30.7 Å². The number of anilines is 3. The molecule has 1 fully saturated rings. The SMILES string of the molecule is CN(C)c1ccc(NC(=O)Nc2ccccc2C(F)(F)F)cc1C(=O)NC1CCCCC1. The fourth-order valence-corrected chi connectivity index (χ4v) is 3.82. The Morgan fingerprint density at radius 3 is 2.31 bits per heavy atom. The molecule has 3 N–H and O–H groups in total. The van der Waals surface area contributed by atoms with Crippen molar-refractivity contribution in [3.05, 3.63) is 53.6 Å². The van der Waals surface area contributed by atoms with E-state index >= 15 is 0 Å². The average molecular weight is 448 g/mol. The number of nitrogens with zero attached hydrogens (tertiary/aromatic N) is 1. The van der Waals surface area contributed by atoms with Gasteiger partial charge >= 0.3 is 12.2 Å². The van der Waals surface area contributed by atoms with E-state index in [0.29, 0.717) is 16.9 Å². The molecule has 1 aliphatic rings. The molecule has 32 heavy (non-hydrogen) atoms. The third kappa shape index (κ3) is 5.93. The van der Waals surface area contributed by atoms with E-state index in [2.05, 4.69) is 16.0 Å². The van der Waals surface area contributed by atoms with Crippen LogP contribution in [-0.2, 0) is 6.18 Å². The molecule has 0 aromatic heterocycles. The van der Waals surface area contributed by atoms with E-state index in [-0.39, 0.29) is 17.6 Å². The number of hydrogen-bond acceptors (Lipinski definition) is 3. The van der Waals surface area contributed by atoms with Crippen molar-refractivity contribution in [2.45, 2.75) is 44.3 Å². The number of carbonyl (C=O) groups is 2. The minimum absolute atomic E-state index is 0.116. The third-order valence-electron chi connectivity index (χ3n) is 5.40. The first-order chi connectivity index (χ1) is 15.1. The predicted octanol–water partition coefficient (Wildman–Crippen LogP) is 5.48. The average Bonchev–Trinajstić information content (AvgIpc) is 2.73. The summed E-state index contributed by atoms with van der Waals surface area (Å²) in [5.41, 5.74) is 0.0652. The molecule has 0 atom stereocenters. The number of urea groups is 1. The fourth-order valence-electron chi connectivity index (χ4n) is 3.82. The number of halogens is 3. The highest BCUT2D eigenvalue weighted by Crippen LogP contribution is 2.34. The molecule has 0 bridgehead atoms. The first kappa shape index (κ1) is 23.4. The zero-order chi connectivity index (χ0) is 23.3. The van der Waals surface area contributed by atoms with Crippen LogP contribution in [0.25, 0.3) is 0 Å². The van der Waals surface area contributed by atoms with Gasteiger partial charge in [-0.1, -0.05) is 31.4 Å². The Labute approximate surface area is 185 Å². The minimum atomic E-state index is -4.60. The van der Waals surface area contributed by atoms with Gasteiger partial charge in [0.25, 0.3) is 5.91 Å². The highest BCUT2D eigenvalue weighted by atomic mass is 19.4. The van der Waals surface area contributed by atoms with Crippen LogP contribution >= 0.6 is 0 Å². The summed E-state index contributed by atoms with van der Waals surface area (Å²) in [6.07, 6.45) is 0.589. The van der Waals surface area contributed by atoms with Gasteiger partial charge in [0.2, 0.25) is 0 Å². The molecule has 0 spiro atoms. The molecular formula is C23H27F3N4O2. The van der Waals surface area contributed by atoms with Gasteiger partial charge in [-0.25, -0.2) is 4.79 Å². The number of benzene rings is 2. The Hall–Kier alpha value is -3.23. The molecule has 0 heterocycles. The van der Waals surface area contributed by atoms with Crippen LogP contribution in [-0.4, -0.2) is 32.1 Å². The highest BCUT2D eigenvalue weighted by molar-refractivity contribution is 6.04. The smallest absolute Gasteiger partial charge is 0.377 e. The van der Waals surface area contributed by atoms with E-state index < -0.39 is 17.8 Å². The standard InChI is InChI=1S/C23H27F3N4O2/c1-30(2)20-13-12-16(14-17(20)21(31)27-15-8-4-3-5-9-15)28-22(32)29-19-11-7-6-10-18(19)23(24,25)26/h6-7,10-15H,3-5,8-9H2,1-2H3,(H,27,31)(H2,28,29,32). The Morgan fingerprint density at radius 2 is 1.66 bits per heavy atom. The molecule has 2 aromatic rings. The first-order valence-electron chi connectivity index (χ1n) is 10.5. The summed E-state index contributed by atoms with van der Waals surface area (Å²) < 4.78 is 39.5. The van der Waals surface area contributed by atoms with Gasteiger partial charge in [-0.3, -0.25) is 4.79 Å². The quantitative estimate of drug-likeness (QED) is 0.567. The molecule has 3 rings (SSSR count). The van der Waals surface area contributed by atoms with Crippen molar-refractivity contribution in [3.8, 4) is 0 Å². The molecule has 0 aliphatic heterocycles. The van der Waals surface area contributed by atoms with Crippen molar-refractivity contribution < 1.29 is 22.8 Å². The Kier molecular flexibility index (Phi) is 7.27. The van der Waals surface area contributed by atoms with Crippen molar-refractivity contribution >= 4 is 29.0 Å². The van der Waals surface area contributed by atoms with Crippen LogP contribution in [0, 0.1) is 0 Å². The lowest BCUT2D eigenvalue weighted by atomic mass is 9.95. The summed E-state index contributed by atoms with van der Waals surface area (Å²) in [7, 11) is 3.61. The molecule has 1 aliphatic carbocycles. The van der Waals surface area contributed by atoms with E-state index in [1.807, 2.05) is 0 Å². The largest absolute Gasteiger partial charge is 0.418 e.